The summed E-state index contributed by atoms with van der Waals surface area (Å²) in [5.41, 5.74) is 2.63. The average Bonchev–Trinajstić information content (AvgIpc) is 2.58. The molecular weight excluding hydrogens is 184 g/mol. The molecule has 12 heavy (non-hydrogen) atoms. The van der Waals surface area contributed by atoms with Crippen LogP contribution >= 0.6 is 15.9 Å². The van der Waals surface area contributed by atoms with Gasteiger partial charge in [0.05, 0.1) is 0 Å². The summed E-state index contributed by atoms with van der Waals surface area (Å²) in [6, 6.07) is 8.62. The van der Waals surface area contributed by atoms with Gasteiger partial charge >= 0.3 is 0 Å². The van der Waals surface area contributed by atoms with Crippen LogP contribution in [0.5, 0.6) is 0 Å². The largest absolute Gasteiger partial charge is 0.243 e. The third-order valence-corrected chi connectivity index (χ3v) is 4.09. The van der Waals surface area contributed by atoms with Gasteiger partial charge in [-0.1, -0.05) is 29.8 Å². The molecule has 0 aliphatic rings. The lowest BCUT2D eigenvalue weighted by atomic mass is 10.1. The molecule has 0 amide bonds. The Hall–Kier alpha value is -0.640. The van der Waals surface area contributed by atoms with Crippen molar-refractivity contribution >= 4 is 15.9 Å². The summed E-state index contributed by atoms with van der Waals surface area (Å²) >= 11 is 0. The van der Waals surface area contributed by atoms with Crippen LogP contribution in [0.4, 0.5) is 0 Å². The molecule has 0 saturated carbocycles. The quantitative estimate of drug-likeness (QED) is 0.673. The summed E-state index contributed by atoms with van der Waals surface area (Å²) in [5.74, 6) is 0. The van der Waals surface area contributed by atoms with E-state index in [-0.39, 0.29) is 0 Å². The lowest BCUT2D eigenvalue weighted by Gasteiger charge is -1.96. The van der Waals surface area contributed by atoms with Gasteiger partial charge in [-0.05, 0) is 28.4 Å². The van der Waals surface area contributed by atoms with Crippen LogP contribution in [0, 0.1) is 6.92 Å². The number of rotatable bonds is 1. The molecule has 2 aromatic rings. The van der Waals surface area contributed by atoms with Crippen molar-refractivity contribution in [2.24, 2.45) is 0 Å². The van der Waals surface area contributed by atoms with Crippen LogP contribution in [-0.4, -0.2) is 4.75 Å². The van der Waals surface area contributed by atoms with E-state index in [4.69, 9.17) is 0 Å². The van der Waals surface area contributed by atoms with Gasteiger partial charge < -0.3 is 0 Å². The van der Waals surface area contributed by atoms with E-state index in [2.05, 4.69) is 35.9 Å². The zero-order valence-electron chi connectivity index (χ0n) is 6.78. The van der Waals surface area contributed by atoms with E-state index in [0.717, 1.165) is 0 Å². The highest BCUT2D eigenvalue weighted by molar-refractivity contribution is 7.90. The van der Waals surface area contributed by atoms with Crippen LogP contribution in [0.15, 0.2) is 30.5 Å². The maximum Gasteiger partial charge on any atom is 0.0438 e. The predicted octanol–water partition coefficient (Wildman–Crippen LogP) is 3.67. The molecule has 0 N–H and O–H groups in total. The van der Waals surface area contributed by atoms with E-state index in [9.17, 15) is 0 Å². The van der Waals surface area contributed by atoms with Crippen molar-refractivity contribution < 1.29 is 0 Å². The highest BCUT2D eigenvalue weighted by Gasteiger charge is 1.96. The van der Waals surface area contributed by atoms with Gasteiger partial charge in [0.1, 0.15) is 0 Å². The maximum absolute atomic E-state index is 4.22. The van der Waals surface area contributed by atoms with E-state index in [1.165, 1.54) is 24.3 Å². The fraction of sp³-hybridized carbons (Fsp3) is 0.111. The second-order valence-electron chi connectivity index (χ2n) is 2.72. The smallest absolute Gasteiger partial charge is 0.0438 e. The van der Waals surface area contributed by atoms with Crippen LogP contribution in [-0.2, 0) is 0 Å². The Morgan fingerprint density at radius 3 is 2.58 bits per heavy atom. The Kier molecular flexibility index (Phi) is 2.26. The van der Waals surface area contributed by atoms with E-state index in [1.807, 2.05) is 6.20 Å². The Labute approximate surface area is 75.0 Å². The molecule has 2 rings (SSSR count). The first-order valence-corrected chi connectivity index (χ1v) is 6.47. The van der Waals surface area contributed by atoms with E-state index < -0.39 is 0 Å². The molecule has 1 unspecified atom stereocenters. The lowest BCUT2D eigenvalue weighted by molar-refractivity contribution is 1.47. The van der Waals surface area contributed by atoms with Crippen molar-refractivity contribution in [2.75, 3.05) is 0 Å². The van der Waals surface area contributed by atoms with E-state index in [1.54, 1.807) is 0 Å². The lowest BCUT2D eigenvalue weighted by Crippen LogP contribution is -1.72. The molecule has 0 aliphatic carbocycles. The van der Waals surface area contributed by atoms with Gasteiger partial charge in [-0.2, -0.15) is 0 Å². The zero-order valence-corrected chi connectivity index (χ0v) is 8.68. The fourth-order valence-corrected chi connectivity index (χ4v) is 3.15. The van der Waals surface area contributed by atoms with Crippen molar-refractivity contribution in [3.05, 3.63) is 36.0 Å². The molecule has 0 spiro atoms. The number of nitrogens with zero attached hydrogens (tertiary/aromatic N) is 1. The number of hydrogen-bond donors (Lipinski definition) is 0. The average molecular weight is 193 g/mol. The normalized spacial score (nSPS) is 11.4. The highest BCUT2D eigenvalue weighted by Crippen LogP contribution is 2.33. The van der Waals surface area contributed by atoms with Crippen LogP contribution in [0.2, 0.25) is 0 Å². The number of aryl methyl sites for hydroxylation is 1. The Balaban J connectivity index is 2.43. The van der Waals surface area contributed by atoms with Gasteiger partial charge in [0.15, 0.2) is 0 Å². The molecule has 1 nitrogen and oxygen atoms in total. The van der Waals surface area contributed by atoms with Gasteiger partial charge in [-0.15, -0.1) is 0 Å². The maximum atomic E-state index is 4.22. The van der Waals surface area contributed by atoms with Crippen molar-refractivity contribution in [1.82, 2.24) is 4.75 Å². The number of aromatic nitrogens is 1. The fourth-order valence-electron chi connectivity index (χ4n) is 1.07. The molecule has 1 aromatic carbocycles. The molecular formula is C9H9NP2. The van der Waals surface area contributed by atoms with Crippen molar-refractivity contribution in [3.63, 3.8) is 0 Å². The molecule has 0 aliphatic heterocycles. The summed E-state index contributed by atoms with van der Waals surface area (Å²) in [6.45, 7) is 2.11. The van der Waals surface area contributed by atoms with Gasteiger partial charge in [0.2, 0.25) is 0 Å². The van der Waals surface area contributed by atoms with E-state index >= 15 is 0 Å². The summed E-state index contributed by atoms with van der Waals surface area (Å²) in [6.07, 6.45) is 1.99. The van der Waals surface area contributed by atoms with Crippen LogP contribution in [0.1, 0.15) is 5.56 Å². The topological polar surface area (TPSA) is 12.9 Å². The molecule has 3 heteroatoms. The predicted molar refractivity (Wildman–Crippen MR) is 56.4 cm³/mol. The second kappa shape index (κ2) is 3.39. The van der Waals surface area contributed by atoms with Crippen LogP contribution < -0.4 is 0 Å². The zero-order chi connectivity index (χ0) is 8.39. The Bertz CT molecular complexity index is 351. The molecule has 60 valence electrons. The molecule has 0 saturated heterocycles. The number of hydrogen-bond acceptors (Lipinski definition) is 1. The minimum absolute atomic E-state index is 0.716. The molecule has 1 atom stereocenters. The summed E-state index contributed by atoms with van der Waals surface area (Å²) in [5, 5.41) is 1.35. The highest BCUT2D eigenvalue weighted by atomic mass is 31.8. The third kappa shape index (κ3) is 1.58. The first-order chi connectivity index (χ1) is 5.86. The molecule has 0 bridgehead atoms. The Morgan fingerprint density at radius 1 is 1.25 bits per heavy atom. The van der Waals surface area contributed by atoms with Gasteiger partial charge in [-0.25, -0.2) is 4.75 Å². The Morgan fingerprint density at radius 2 is 2.00 bits per heavy atom. The van der Waals surface area contributed by atoms with Gasteiger partial charge in [0.25, 0.3) is 0 Å². The number of benzene rings is 1. The third-order valence-electron chi connectivity index (χ3n) is 1.76. The summed E-state index contributed by atoms with van der Waals surface area (Å²) in [4.78, 5) is 0. The SMILES string of the molecule is Cc1ccc(-c2cn[pH]p2)cc1. The van der Waals surface area contributed by atoms with Crippen molar-refractivity contribution in [3.8, 4) is 10.9 Å². The molecule has 0 radical (unpaired) electrons. The standard InChI is InChI=1S/C9H9NP2/c1-7-2-4-8(5-3-7)9-6-10-12-11-9/h2-6,12H,1H3. The molecule has 1 aromatic heterocycles. The first-order valence-electron chi connectivity index (χ1n) is 3.79. The van der Waals surface area contributed by atoms with Gasteiger partial charge in [-0.3, -0.25) is 0 Å². The first kappa shape index (κ1) is 7.98. The van der Waals surface area contributed by atoms with Crippen LogP contribution in [0.3, 0.4) is 0 Å². The van der Waals surface area contributed by atoms with Gasteiger partial charge in [0, 0.05) is 11.5 Å². The van der Waals surface area contributed by atoms with Crippen molar-refractivity contribution in [2.45, 2.75) is 6.92 Å². The van der Waals surface area contributed by atoms with Crippen molar-refractivity contribution in [1.29, 1.82) is 0 Å². The summed E-state index contributed by atoms with van der Waals surface area (Å²) in [7, 11) is 2.08. The van der Waals surface area contributed by atoms with E-state index in [0.29, 0.717) is 8.03 Å². The van der Waals surface area contributed by atoms with Crippen LogP contribution in [0.25, 0.3) is 10.9 Å². The minimum atomic E-state index is 0.716. The molecule has 0 fully saturated rings. The monoisotopic (exact) mass is 193 g/mol. The summed E-state index contributed by atoms with van der Waals surface area (Å²) < 4.78 is 4.22. The molecule has 1 heterocycles. The minimum Gasteiger partial charge on any atom is -0.243 e. The second-order valence-corrected chi connectivity index (χ2v) is 5.16.